The Morgan fingerprint density at radius 3 is 2.39 bits per heavy atom. The third-order valence-electron chi connectivity index (χ3n) is 5.40. The number of anilines is 2. The molecule has 0 fully saturated rings. The summed E-state index contributed by atoms with van der Waals surface area (Å²) < 4.78 is 35.5. The number of ether oxygens (including phenoxy) is 2. The number of nitrogens with zero attached hydrogens (tertiary/aromatic N) is 2. The number of rotatable bonds is 11. The van der Waals surface area contributed by atoms with Crippen molar-refractivity contribution in [3.63, 3.8) is 0 Å². The van der Waals surface area contributed by atoms with Gasteiger partial charge in [0, 0.05) is 27.9 Å². The van der Waals surface area contributed by atoms with Crippen LogP contribution in [0.15, 0.2) is 41.1 Å². The van der Waals surface area contributed by atoms with Crippen molar-refractivity contribution in [1.82, 2.24) is 9.97 Å². The van der Waals surface area contributed by atoms with Crippen LogP contribution >= 0.6 is 27.5 Å². The smallest absolute Gasteiger partial charge is 0.164 e. The number of hydrogen-bond acceptors (Lipinski definition) is 11. The molecule has 3 aromatic rings. The van der Waals surface area contributed by atoms with Gasteiger partial charge in [-0.05, 0) is 40.2 Å². The number of aromatic nitrogens is 2. The van der Waals surface area contributed by atoms with Crippen LogP contribution in [-0.2, 0) is 9.84 Å². The first-order valence-electron chi connectivity index (χ1n) is 10.5. The molecule has 2 aromatic carbocycles. The number of hydrogen-bond donors (Lipinski definition) is 5. The van der Waals surface area contributed by atoms with Gasteiger partial charge in [0.25, 0.3) is 0 Å². The molecule has 0 bridgehead atoms. The van der Waals surface area contributed by atoms with Crippen LogP contribution in [0.3, 0.4) is 0 Å². The molecule has 0 radical (unpaired) electrons. The SMILES string of the molecule is COc1cc2c(Nc3ccc(Br)c(Cl)c3)ncnc2cc1O[C@@H](CO)[C@@H](O)[C@H](O)[C@H](CO)S(C)(=O)=O. The Morgan fingerprint density at radius 2 is 1.81 bits per heavy atom. The molecule has 1 heterocycles. The maximum atomic E-state index is 11.8. The zero-order chi connectivity index (χ0) is 26.6. The van der Waals surface area contributed by atoms with E-state index < -0.39 is 46.6 Å². The van der Waals surface area contributed by atoms with E-state index in [2.05, 4.69) is 31.2 Å². The fourth-order valence-electron chi connectivity index (χ4n) is 3.44. The van der Waals surface area contributed by atoms with Crippen molar-refractivity contribution in [2.24, 2.45) is 0 Å². The van der Waals surface area contributed by atoms with Gasteiger partial charge >= 0.3 is 0 Å². The molecule has 36 heavy (non-hydrogen) atoms. The molecule has 0 aliphatic rings. The Labute approximate surface area is 220 Å². The molecule has 0 saturated carbocycles. The molecular weight excluding hydrogens is 582 g/mol. The Hall–Kier alpha value is -2.26. The molecular formula is C22H25BrClN3O8S. The molecule has 0 aliphatic carbocycles. The fraction of sp³-hybridized carbons (Fsp3) is 0.364. The van der Waals surface area contributed by atoms with Crippen LogP contribution in [0.2, 0.25) is 5.02 Å². The van der Waals surface area contributed by atoms with Gasteiger partial charge in [0.1, 0.15) is 29.6 Å². The number of aliphatic hydroxyl groups is 4. The zero-order valence-corrected chi connectivity index (χ0v) is 22.3. The van der Waals surface area contributed by atoms with Crippen molar-refractivity contribution >= 4 is 59.8 Å². The molecule has 4 atom stereocenters. The summed E-state index contributed by atoms with van der Waals surface area (Å²) >= 11 is 9.51. The summed E-state index contributed by atoms with van der Waals surface area (Å²) in [7, 11) is -2.53. The van der Waals surface area contributed by atoms with E-state index in [1.54, 1.807) is 24.3 Å². The van der Waals surface area contributed by atoms with Gasteiger partial charge in [-0.15, -0.1) is 0 Å². The number of sulfone groups is 1. The van der Waals surface area contributed by atoms with Crippen LogP contribution in [0, 0.1) is 0 Å². The van der Waals surface area contributed by atoms with E-state index >= 15 is 0 Å². The highest BCUT2D eigenvalue weighted by atomic mass is 79.9. The largest absolute Gasteiger partial charge is 0.493 e. The second-order valence-electron chi connectivity index (χ2n) is 7.87. The average molecular weight is 607 g/mol. The fourth-order valence-corrected chi connectivity index (χ4v) is 4.81. The highest BCUT2D eigenvalue weighted by molar-refractivity contribution is 9.10. The molecule has 1 aromatic heterocycles. The first kappa shape index (κ1) is 28.3. The van der Waals surface area contributed by atoms with Crippen molar-refractivity contribution in [3.8, 4) is 11.5 Å². The van der Waals surface area contributed by atoms with Gasteiger partial charge in [0.05, 0.1) is 30.9 Å². The summed E-state index contributed by atoms with van der Waals surface area (Å²) in [6.45, 7) is -1.70. The van der Waals surface area contributed by atoms with Gasteiger partial charge in [0.15, 0.2) is 27.4 Å². The summed E-state index contributed by atoms with van der Waals surface area (Å²) in [5.41, 5.74) is 1.09. The van der Waals surface area contributed by atoms with Crippen LogP contribution < -0.4 is 14.8 Å². The van der Waals surface area contributed by atoms with Gasteiger partial charge < -0.3 is 35.2 Å². The molecule has 11 nitrogen and oxygen atoms in total. The van der Waals surface area contributed by atoms with Gasteiger partial charge in [-0.2, -0.15) is 0 Å². The molecule has 0 spiro atoms. The van der Waals surface area contributed by atoms with Crippen LogP contribution in [0.25, 0.3) is 10.9 Å². The number of methoxy groups -OCH3 is 1. The molecule has 0 aliphatic heterocycles. The van der Waals surface area contributed by atoms with E-state index in [-0.39, 0.29) is 11.5 Å². The van der Waals surface area contributed by atoms with Crippen molar-refractivity contribution < 1.29 is 38.3 Å². The molecule has 3 rings (SSSR count). The standard InChI is InChI=1S/C22H25BrClN3O8S/c1-34-16-6-12-15(25-10-26-22(12)27-11-3-4-13(23)14(24)5-11)7-17(16)35-18(8-28)20(30)21(31)19(9-29)36(2,32)33/h3-7,10,18-21,28-31H,8-9H2,1-2H3,(H,25,26,27)/t18-,19-,20+,21+/m0/s1. The highest BCUT2D eigenvalue weighted by Gasteiger charge is 2.38. The zero-order valence-electron chi connectivity index (χ0n) is 19.2. The normalized spacial score (nSPS) is 15.2. The third-order valence-corrected chi connectivity index (χ3v) is 8.16. The minimum absolute atomic E-state index is 0.0616. The first-order valence-corrected chi connectivity index (χ1v) is 13.6. The highest BCUT2D eigenvalue weighted by Crippen LogP contribution is 2.36. The number of aliphatic hydroxyl groups excluding tert-OH is 4. The average Bonchev–Trinajstić information content (AvgIpc) is 2.83. The van der Waals surface area contributed by atoms with E-state index in [0.29, 0.717) is 27.4 Å². The monoisotopic (exact) mass is 605 g/mol. The minimum Gasteiger partial charge on any atom is -0.493 e. The molecule has 0 amide bonds. The van der Waals surface area contributed by atoms with Gasteiger partial charge in [-0.3, -0.25) is 0 Å². The first-order chi connectivity index (χ1) is 17.0. The second-order valence-corrected chi connectivity index (χ2v) is 11.4. The van der Waals surface area contributed by atoms with Gasteiger partial charge in [-0.25, -0.2) is 18.4 Å². The topological polar surface area (TPSA) is 171 Å². The van der Waals surface area contributed by atoms with Crippen molar-refractivity contribution in [1.29, 1.82) is 0 Å². The minimum atomic E-state index is -3.91. The van der Waals surface area contributed by atoms with Gasteiger partial charge in [0.2, 0.25) is 0 Å². The lowest BCUT2D eigenvalue weighted by Crippen LogP contribution is -2.51. The molecule has 0 unspecified atom stereocenters. The summed E-state index contributed by atoms with van der Waals surface area (Å²) in [6.07, 6.45) is -3.09. The number of benzene rings is 2. The summed E-state index contributed by atoms with van der Waals surface area (Å²) in [4.78, 5) is 8.50. The summed E-state index contributed by atoms with van der Waals surface area (Å²) in [5, 5.41) is 42.6. The number of nitrogens with one attached hydrogen (secondary N) is 1. The predicted octanol–water partition coefficient (Wildman–Crippen LogP) is 1.66. The summed E-state index contributed by atoms with van der Waals surface area (Å²) in [6, 6.07) is 8.35. The van der Waals surface area contributed by atoms with Gasteiger partial charge in [-0.1, -0.05) is 11.6 Å². The van der Waals surface area contributed by atoms with Crippen molar-refractivity contribution in [2.75, 3.05) is 31.9 Å². The van der Waals surface area contributed by atoms with E-state index in [4.69, 9.17) is 21.1 Å². The van der Waals surface area contributed by atoms with Crippen molar-refractivity contribution in [2.45, 2.75) is 23.6 Å². The van der Waals surface area contributed by atoms with E-state index in [9.17, 15) is 28.8 Å². The molecule has 0 saturated heterocycles. The number of halogens is 2. The Morgan fingerprint density at radius 1 is 1.08 bits per heavy atom. The maximum absolute atomic E-state index is 11.8. The molecule has 196 valence electrons. The lowest BCUT2D eigenvalue weighted by atomic mass is 10.1. The number of fused-ring (bicyclic) bond motifs is 1. The van der Waals surface area contributed by atoms with Crippen molar-refractivity contribution in [3.05, 3.63) is 46.2 Å². The lowest BCUT2D eigenvalue weighted by Gasteiger charge is -2.30. The predicted molar refractivity (Wildman–Crippen MR) is 138 cm³/mol. The van der Waals surface area contributed by atoms with Crippen LogP contribution in [0.5, 0.6) is 11.5 Å². The van der Waals surface area contributed by atoms with Crippen LogP contribution in [0.1, 0.15) is 0 Å². The van der Waals surface area contributed by atoms with Crippen LogP contribution in [0.4, 0.5) is 11.5 Å². The Kier molecular flexibility index (Phi) is 9.33. The molecule has 14 heteroatoms. The quantitative estimate of drug-likeness (QED) is 0.215. The maximum Gasteiger partial charge on any atom is 0.164 e. The van der Waals surface area contributed by atoms with E-state index in [1.807, 2.05) is 0 Å². The molecule has 5 N–H and O–H groups in total. The van der Waals surface area contributed by atoms with E-state index in [1.165, 1.54) is 19.5 Å². The van der Waals surface area contributed by atoms with Crippen LogP contribution in [-0.4, -0.2) is 89.0 Å². The Balaban J connectivity index is 1.94. The summed E-state index contributed by atoms with van der Waals surface area (Å²) in [5.74, 6) is 0.694. The second kappa shape index (κ2) is 11.9. The lowest BCUT2D eigenvalue weighted by molar-refractivity contribution is -0.0701. The third kappa shape index (κ3) is 6.35. The van der Waals surface area contributed by atoms with E-state index in [0.717, 1.165) is 10.7 Å². The Bertz CT molecular complexity index is 1330.